The zero-order chi connectivity index (χ0) is 12.1. The molecule has 0 aromatic rings. The van der Waals surface area contributed by atoms with Gasteiger partial charge < -0.3 is 15.8 Å². The van der Waals surface area contributed by atoms with Crippen LogP contribution in [0.1, 0.15) is 34.6 Å². The Labute approximate surface area is 92.6 Å². The highest BCUT2D eigenvalue weighted by Crippen LogP contribution is 2.15. The molecule has 2 atom stereocenters. The van der Waals surface area contributed by atoms with Gasteiger partial charge in [-0.15, -0.1) is 0 Å². The predicted molar refractivity (Wildman–Crippen MR) is 61.5 cm³/mol. The SMILES string of the molecule is CCOC(C)C(=O)NC(C)(CN)C(C)C. The summed E-state index contributed by atoms with van der Waals surface area (Å²) < 4.78 is 5.22. The second-order valence-corrected chi connectivity index (χ2v) is 4.36. The third kappa shape index (κ3) is 4.18. The molecule has 0 aliphatic rings. The van der Waals surface area contributed by atoms with Crippen molar-refractivity contribution in [1.82, 2.24) is 5.32 Å². The van der Waals surface area contributed by atoms with Crippen molar-refractivity contribution in [2.75, 3.05) is 13.2 Å². The van der Waals surface area contributed by atoms with Crippen LogP contribution in [0.2, 0.25) is 0 Å². The van der Waals surface area contributed by atoms with Crippen LogP contribution in [-0.4, -0.2) is 30.7 Å². The van der Waals surface area contributed by atoms with E-state index in [1.54, 1.807) is 6.92 Å². The fraction of sp³-hybridized carbons (Fsp3) is 0.909. The topological polar surface area (TPSA) is 64.3 Å². The van der Waals surface area contributed by atoms with Crippen LogP contribution in [-0.2, 0) is 9.53 Å². The maximum absolute atomic E-state index is 11.7. The average molecular weight is 216 g/mol. The van der Waals surface area contributed by atoms with E-state index in [0.29, 0.717) is 19.1 Å². The van der Waals surface area contributed by atoms with E-state index in [-0.39, 0.29) is 11.4 Å². The van der Waals surface area contributed by atoms with Crippen molar-refractivity contribution in [1.29, 1.82) is 0 Å². The fourth-order valence-corrected chi connectivity index (χ4v) is 1.14. The van der Waals surface area contributed by atoms with Gasteiger partial charge in [-0.05, 0) is 26.7 Å². The minimum Gasteiger partial charge on any atom is -0.369 e. The van der Waals surface area contributed by atoms with Crippen molar-refractivity contribution < 1.29 is 9.53 Å². The summed E-state index contributed by atoms with van der Waals surface area (Å²) in [6.07, 6.45) is -0.417. The number of nitrogens with two attached hydrogens (primary N) is 1. The lowest BCUT2D eigenvalue weighted by atomic mass is 9.88. The van der Waals surface area contributed by atoms with Crippen molar-refractivity contribution in [2.45, 2.75) is 46.3 Å². The Balaban J connectivity index is 4.36. The molecular weight excluding hydrogens is 192 g/mol. The van der Waals surface area contributed by atoms with E-state index in [1.807, 2.05) is 27.7 Å². The highest BCUT2D eigenvalue weighted by atomic mass is 16.5. The van der Waals surface area contributed by atoms with Gasteiger partial charge in [-0.3, -0.25) is 4.79 Å². The number of nitrogens with one attached hydrogen (secondary N) is 1. The highest BCUT2D eigenvalue weighted by Gasteiger charge is 2.30. The Kier molecular flexibility index (Phi) is 5.83. The van der Waals surface area contributed by atoms with Gasteiger partial charge in [0.2, 0.25) is 5.91 Å². The van der Waals surface area contributed by atoms with Crippen molar-refractivity contribution in [3.63, 3.8) is 0 Å². The third-order valence-electron chi connectivity index (χ3n) is 2.89. The van der Waals surface area contributed by atoms with Gasteiger partial charge in [0.1, 0.15) is 6.10 Å². The zero-order valence-electron chi connectivity index (χ0n) is 10.5. The minimum absolute atomic E-state index is 0.0986. The number of carbonyl (C=O) groups is 1. The number of rotatable bonds is 6. The van der Waals surface area contributed by atoms with Crippen molar-refractivity contribution in [3.05, 3.63) is 0 Å². The largest absolute Gasteiger partial charge is 0.369 e. The summed E-state index contributed by atoms with van der Waals surface area (Å²) in [7, 11) is 0. The molecule has 0 fully saturated rings. The Morgan fingerprint density at radius 3 is 2.33 bits per heavy atom. The molecule has 3 N–H and O–H groups in total. The Morgan fingerprint density at radius 2 is 2.00 bits per heavy atom. The molecule has 15 heavy (non-hydrogen) atoms. The van der Waals surface area contributed by atoms with Gasteiger partial charge in [0.15, 0.2) is 0 Å². The van der Waals surface area contributed by atoms with Crippen molar-refractivity contribution in [3.8, 4) is 0 Å². The molecule has 0 radical (unpaired) electrons. The van der Waals surface area contributed by atoms with Gasteiger partial charge in [-0.1, -0.05) is 13.8 Å². The summed E-state index contributed by atoms with van der Waals surface area (Å²) in [4.78, 5) is 11.7. The summed E-state index contributed by atoms with van der Waals surface area (Å²) in [5.74, 6) is 0.193. The van der Waals surface area contributed by atoms with Crippen molar-refractivity contribution >= 4 is 5.91 Å². The molecule has 0 aromatic heterocycles. The van der Waals surface area contributed by atoms with E-state index in [0.717, 1.165) is 0 Å². The van der Waals surface area contributed by atoms with Gasteiger partial charge >= 0.3 is 0 Å². The van der Waals surface area contributed by atoms with E-state index in [4.69, 9.17) is 10.5 Å². The fourth-order valence-electron chi connectivity index (χ4n) is 1.14. The van der Waals surface area contributed by atoms with Crippen LogP contribution in [0, 0.1) is 5.92 Å². The number of ether oxygens (including phenoxy) is 1. The summed E-state index contributed by atoms with van der Waals surface area (Å²) >= 11 is 0. The van der Waals surface area contributed by atoms with E-state index in [9.17, 15) is 4.79 Å². The predicted octanol–water partition coefficient (Wildman–Crippen LogP) is 0.901. The molecule has 0 bridgehead atoms. The van der Waals surface area contributed by atoms with Crippen LogP contribution >= 0.6 is 0 Å². The standard InChI is InChI=1S/C11H24N2O2/c1-6-15-9(4)10(14)13-11(5,7-12)8(2)3/h8-9H,6-7,12H2,1-5H3,(H,13,14). The summed E-state index contributed by atoms with van der Waals surface area (Å²) in [5.41, 5.74) is 5.32. The first-order valence-corrected chi connectivity index (χ1v) is 5.51. The van der Waals surface area contributed by atoms with Crippen LogP contribution < -0.4 is 11.1 Å². The van der Waals surface area contributed by atoms with Crippen LogP contribution in [0.15, 0.2) is 0 Å². The smallest absolute Gasteiger partial charge is 0.249 e. The molecule has 2 unspecified atom stereocenters. The number of hydrogen-bond acceptors (Lipinski definition) is 3. The molecule has 0 aliphatic heterocycles. The third-order valence-corrected chi connectivity index (χ3v) is 2.89. The quantitative estimate of drug-likeness (QED) is 0.693. The molecule has 0 rings (SSSR count). The Hall–Kier alpha value is -0.610. The van der Waals surface area contributed by atoms with E-state index in [2.05, 4.69) is 5.32 Å². The monoisotopic (exact) mass is 216 g/mol. The highest BCUT2D eigenvalue weighted by molar-refractivity contribution is 5.81. The molecule has 0 spiro atoms. The second-order valence-electron chi connectivity index (χ2n) is 4.36. The van der Waals surface area contributed by atoms with E-state index >= 15 is 0 Å². The lowest BCUT2D eigenvalue weighted by Gasteiger charge is -2.34. The molecule has 0 aliphatic carbocycles. The van der Waals surface area contributed by atoms with Crippen molar-refractivity contribution in [2.24, 2.45) is 11.7 Å². The molecule has 90 valence electrons. The lowest BCUT2D eigenvalue weighted by Crippen LogP contribution is -2.57. The molecular formula is C11H24N2O2. The van der Waals surface area contributed by atoms with Gasteiger partial charge in [-0.25, -0.2) is 0 Å². The number of amides is 1. The van der Waals surface area contributed by atoms with Crippen LogP contribution in [0.4, 0.5) is 0 Å². The van der Waals surface area contributed by atoms with E-state index < -0.39 is 6.10 Å². The van der Waals surface area contributed by atoms with Crippen LogP contribution in [0.3, 0.4) is 0 Å². The lowest BCUT2D eigenvalue weighted by molar-refractivity contribution is -0.133. The normalized spacial score (nSPS) is 17.3. The van der Waals surface area contributed by atoms with Gasteiger partial charge in [-0.2, -0.15) is 0 Å². The Morgan fingerprint density at radius 1 is 1.47 bits per heavy atom. The zero-order valence-corrected chi connectivity index (χ0v) is 10.5. The van der Waals surface area contributed by atoms with Gasteiger partial charge in [0.05, 0.1) is 5.54 Å². The molecule has 4 heteroatoms. The Bertz CT molecular complexity index is 207. The first kappa shape index (κ1) is 14.4. The second kappa shape index (κ2) is 6.08. The number of hydrogen-bond donors (Lipinski definition) is 2. The number of carbonyl (C=O) groups excluding carboxylic acids is 1. The summed E-state index contributed by atoms with van der Waals surface area (Å²) in [5, 5.41) is 2.94. The maximum atomic E-state index is 11.7. The summed E-state index contributed by atoms with van der Waals surface area (Å²) in [6, 6.07) is 0. The first-order chi connectivity index (χ1) is 6.87. The van der Waals surface area contributed by atoms with Crippen LogP contribution in [0.25, 0.3) is 0 Å². The molecule has 1 amide bonds. The molecule has 0 aromatic carbocycles. The van der Waals surface area contributed by atoms with E-state index in [1.165, 1.54) is 0 Å². The van der Waals surface area contributed by atoms with Gasteiger partial charge in [0.25, 0.3) is 0 Å². The molecule has 0 saturated heterocycles. The maximum Gasteiger partial charge on any atom is 0.249 e. The first-order valence-electron chi connectivity index (χ1n) is 5.51. The minimum atomic E-state index is -0.417. The van der Waals surface area contributed by atoms with Crippen LogP contribution in [0.5, 0.6) is 0 Å². The molecule has 4 nitrogen and oxygen atoms in total. The van der Waals surface area contributed by atoms with Gasteiger partial charge in [0, 0.05) is 13.2 Å². The molecule has 0 heterocycles. The molecule has 0 saturated carbocycles. The summed E-state index contributed by atoms with van der Waals surface area (Å²) in [6.45, 7) is 10.6. The average Bonchev–Trinajstić information content (AvgIpc) is 2.17.